The molecule has 29 heavy (non-hydrogen) atoms. The highest BCUT2D eigenvalue weighted by Gasteiger charge is 2.16. The fourth-order valence-corrected chi connectivity index (χ4v) is 2.37. The lowest BCUT2D eigenvalue weighted by Crippen LogP contribution is -2.32. The number of anilines is 1. The van der Waals surface area contributed by atoms with Crippen molar-refractivity contribution < 1.29 is 14.3 Å². The van der Waals surface area contributed by atoms with Crippen molar-refractivity contribution >= 4 is 17.9 Å². The smallest absolute Gasteiger partial charge is 0.407 e. The summed E-state index contributed by atoms with van der Waals surface area (Å²) in [6.07, 6.45) is 1.16. The van der Waals surface area contributed by atoms with Crippen LogP contribution in [0.15, 0.2) is 48.7 Å². The Balaban J connectivity index is 1.55. The van der Waals surface area contributed by atoms with E-state index in [9.17, 15) is 9.59 Å². The van der Waals surface area contributed by atoms with E-state index in [1.54, 1.807) is 63.4 Å². The molecule has 9 heteroatoms. The number of amides is 2. The van der Waals surface area contributed by atoms with Crippen molar-refractivity contribution in [1.29, 1.82) is 0 Å². The molecule has 0 aliphatic heterocycles. The molecule has 3 aromatic rings. The number of ether oxygens (including phenoxy) is 1. The lowest BCUT2D eigenvalue weighted by Gasteiger charge is -2.19. The summed E-state index contributed by atoms with van der Waals surface area (Å²) in [6, 6.07) is 12.3. The maximum Gasteiger partial charge on any atom is 0.407 e. The average molecular weight is 394 g/mol. The van der Waals surface area contributed by atoms with Crippen LogP contribution in [0.25, 0.3) is 11.5 Å². The molecule has 0 radical (unpaired) electrons. The Labute approximate surface area is 167 Å². The number of H-pyrrole nitrogens is 1. The highest BCUT2D eigenvalue weighted by atomic mass is 16.6. The number of rotatable bonds is 5. The number of pyridine rings is 1. The van der Waals surface area contributed by atoms with Crippen LogP contribution in [0, 0.1) is 0 Å². The maximum atomic E-state index is 12.4. The molecule has 0 atom stereocenters. The average Bonchev–Trinajstić information content (AvgIpc) is 3.14. The summed E-state index contributed by atoms with van der Waals surface area (Å²) in [4.78, 5) is 32.5. The second-order valence-corrected chi connectivity index (χ2v) is 7.23. The summed E-state index contributed by atoms with van der Waals surface area (Å²) in [7, 11) is 0. The maximum absolute atomic E-state index is 12.4. The zero-order valence-corrected chi connectivity index (χ0v) is 16.4. The van der Waals surface area contributed by atoms with Gasteiger partial charge in [-0.2, -0.15) is 4.98 Å². The van der Waals surface area contributed by atoms with Gasteiger partial charge in [-0.3, -0.25) is 20.2 Å². The van der Waals surface area contributed by atoms with E-state index in [0.717, 1.165) is 5.56 Å². The van der Waals surface area contributed by atoms with E-state index in [-0.39, 0.29) is 11.9 Å². The van der Waals surface area contributed by atoms with Crippen LogP contribution in [0.1, 0.15) is 36.7 Å². The van der Waals surface area contributed by atoms with Gasteiger partial charge in [0.05, 0.1) is 0 Å². The van der Waals surface area contributed by atoms with Crippen LogP contribution in [-0.4, -0.2) is 37.8 Å². The fourth-order valence-electron chi connectivity index (χ4n) is 2.37. The van der Waals surface area contributed by atoms with Crippen molar-refractivity contribution in [3.05, 3.63) is 59.8 Å². The number of aromatic amines is 1. The summed E-state index contributed by atoms with van der Waals surface area (Å²) in [5.74, 6) is 0.277. The molecule has 0 saturated heterocycles. The predicted octanol–water partition coefficient (Wildman–Crippen LogP) is 3.14. The third kappa shape index (κ3) is 5.86. The highest BCUT2D eigenvalue weighted by molar-refractivity contribution is 6.03. The van der Waals surface area contributed by atoms with Crippen molar-refractivity contribution in [2.75, 3.05) is 5.32 Å². The number of carbonyl (C=O) groups excluding carboxylic acids is 2. The van der Waals surface area contributed by atoms with Crippen molar-refractivity contribution in [2.45, 2.75) is 32.9 Å². The van der Waals surface area contributed by atoms with Gasteiger partial charge >= 0.3 is 6.09 Å². The van der Waals surface area contributed by atoms with E-state index in [4.69, 9.17) is 4.74 Å². The van der Waals surface area contributed by atoms with Gasteiger partial charge in [0.2, 0.25) is 5.95 Å². The van der Waals surface area contributed by atoms with Gasteiger partial charge in [-0.25, -0.2) is 4.79 Å². The molecule has 3 rings (SSSR count). The summed E-state index contributed by atoms with van der Waals surface area (Å²) >= 11 is 0. The normalized spacial score (nSPS) is 11.0. The Hall–Kier alpha value is -3.75. The molecule has 9 nitrogen and oxygen atoms in total. The minimum Gasteiger partial charge on any atom is -0.444 e. The predicted molar refractivity (Wildman–Crippen MR) is 107 cm³/mol. The van der Waals surface area contributed by atoms with Gasteiger partial charge in [-0.1, -0.05) is 18.2 Å². The summed E-state index contributed by atoms with van der Waals surface area (Å²) in [6.45, 7) is 5.69. The lowest BCUT2D eigenvalue weighted by molar-refractivity contribution is 0.0523. The van der Waals surface area contributed by atoms with Crippen LogP contribution in [0.4, 0.5) is 10.7 Å². The number of nitrogens with zero attached hydrogens (tertiary/aromatic N) is 3. The largest absolute Gasteiger partial charge is 0.444 e. The quantitative estimate of drug-likeness (QED) is 0.611. The van der Waals surface area contributed by atoms with Crippen molar-refractivity contribution in [3.63, 3.8) is 0 Å². The topological polar surface area (TPSA) is 122 Å². The molecule has 1 aromatic carbocycles. The second kappa shape index (κ2) is 8.51. The van der Waals surface area contributed by atoms with Gasteiger partial charge in [-0.15, -0.1) is 5.10 Å². The third-order valence-corrected chi connectivity index (χ3v) is 3.67. The molecule has 3 N–H and O–H groups in total. The molecular formula is C20H22N6O3. The number of hydrogen-bond donors (Lipinski definition) is 3. The zero-order chi connectivity index (χ0) is 20.9. The van der Waals surface area contributed by atoms with Crippen LogP contribution in [0.2, 0.25) is 0 Å². The monoisotopic (exact) mass is 394 g/mol. The highest BCUT2D eigenvalue weighted by Crippen LogP contribution is 2.13. The van der Waals surface area contributed by atoms with Gasteiger partial charge in [-0.05, 0) is 50.6 Å². The number of alkyl carbamates (subject to hydrolysis) is 1. The van der Waals surface area contributed by atoms with Crippen LogP contribution in [-0.2, 0) is 11.3 Å². The Morgan fingerprint density at radius 1 is 1.10 bits per heavy atom. The van der Waals surface area contributed by atoms with E-state index >= 15 is 0 Å². The SMILES string of the molecule is CC(C)(C)OC(=O)NCc1ccc(C(=O)Nc2n[nH]c(-c3ccccn3)n2)cc1. The number of benzene rings is 1. The van der Waals surface area contributed by atoms with Crippen LogP contribution >= 0.6 is 0 Å². The summed E-state index contributed by atoms with van der Waals surface area (Å²) in [5, 5.41) is 12.0. The summed E-state index contributed by atoms with van der Waals surface area (Å²) in [5.41, 5.74) is 1.35. The Bertz CT molecular complexity index is 977. The van der Waals surface area contributed by atoms with Crippen molar-refractivity contribution in [3.8, 4) is 11.5 Å². The standard InChI is InChI=1S/C20H22N6O3/c1-20(2,3)29-19(28)22-12-13-7-9-14(10-8-13)17(27)24-18-23-16(25-26-18)15-6-4-5-11-21-15/h4-11H,12H2,1-3H3,(H,22,28)(H2,23,24,25,26,27). The molecule has 0 unspecified atom stereocenters. The molecule has 0 aliphatic carbocycles. The van der Waals surface area contributed by atoms with Crippen molar-refractivity contribution in [2.24, 2.45) is 0 Å². The Morgan fingerprint density at radius 3 is 2.52 bits per heavy atom. The lowest BCUT2D eigenvalue weighted by atomic mass is 10.1. The summed E-state index contributed by atoms with van der Waals surface area (Å²) < 4.78 is 5.19. The molecule has 0 spiro atoms. The van der Waals surface area contributed by atoms with Crippen LogP contribution < -0.4 is 10.6 Å². The van der Waals surface area contributed by atoms with E-state index in [0.29, 0.717) is 23.6 Å². The van der Waals surface area contributed by atoms with Crippen molar-refractivity contribution in [1.82, 2.24) is 25.5 Å². The molecule has 150 valence electrons. The molecule has 0 fully saturated rings. The third-order valence-electron chi connectivity index (χ3n) is 3.67. The first-order valence-electron chi connectivity index (χ1n) is 9.01. The first-order valence-corrected chi connectivity index (χ1v) is 9.01. The molecule has 0 saturated carbocycles. The Kier molecular flexibility index (Phi) is 5.87. The number of nitrogens with one attached hydrogen (secondary N) is 3. The number of hydrogen-bond acceptors (Lipinski definition) is 6. The second-order valence-electron chi connectivity index (χ2n) is 7.23. The molecule has 0 aliphatic rings. The molecule has 2 amide bonds. The molecular weight excluding hydrogens is 372 g/mol. The van der Waals surface area contributed by atoms with Crippen LogP contribution in [0.3, 0.4) is 0 Å². The van der Waals surface area contributed by atoms with E-state index in [1.165, 1.54) is 0 Å². The van der Waals surface area contributed by atoms with E-state index < -0.39 is 11.7 Å². The van der Waals surface area contributed by atoms with E-state index in [1.807, 2.05) is 6.07 Å². The minimum atomic E-state index is -0.553. The first-order chi connectivity index (χ1) is 13.8. The van der Waals surface area contributed by atoms with Gasteiger partial charge in [0.1, 0.15) is 11.3 Å². The zero-order valence-electron chi connectivity index (χ0n) is 16.4. The van der Waals surface area contributed by atoms with Gasteiger partial charge in [0.15, 0.2) is 5.82 Å². The Morgan fingerprint density at radius 2 is 1.86 bits per heavy atom. The van der Waals surface area contributed by atoms with Gasteiger partial charge in [0.25, 0.3) is 5.91 Å². The van der Waals surface area contributed by atoms with Crippen LogP contribution in [0.5, 0.6) is 0 Å². The first kappa shape index (κ1) is 20.0. The molecule has 2 aromatic heterocycles. The minimum absolute atomic E-state index is 0.159. The number of carbonyl (C=O) groups is 2. The molecule has 2 heterocycles. The fraction of sp³-hybridized carbons (Fsp3) is 0.250. The van der Waals surface area contributed by atoms with Gasteiger partial charge < -0.3 is 10.1 Å². The molecule has 0 bridgehead atoms. The van der Waals surface area contributed by atoms with E-state index in [2.05, 4.69) is 30.8 Å². The van der Waals surface area contributed by atoms with Gasteiger partial charge in [0, 0.05) is 18.3 Å². The number of aromatic nitrogens is 4.